The number of nitrogen functional groups attached to an aromatic ring is 1. The summed E-state index contributed by atoms with van der Waals surface area (Å²) in [5.41, 5.74) is 6.77. The second kappa shape index (κ2) is 7.13. The van der Waals surface area contributed by atoms with Gasteiger partial charge in [-0.2, -0.15) is 0 Å². The second-order valence-corrected chi connectivity index (χ2v) is 4.31. The van der Waals surface area contributed by atoms with Crippen LogP contribution in [0.15, 0.2) is 24.3 Å². The van der Waals surface area contributed by atoms with Crippen LogP contribution in [-0.2, 0) is 20.8 Å². The first-order chi connectivity index (χ1) is 9.38. The number of amides is 1. The van der Waals surface area contributed by atoms with E-state index in [9.17, 15) is 14.4 Å². The number of nitrogens with one attached hydrogen (secondary N) is 1. The van der Waals surface area contributed by atoms with Crippen LogP contribution in [0.1, 0.15) is 18.4 Å². The molecule has 1 unspecified atom stereocenters. The first-order valence-corrected chi connectivity index (χ1v) is 5.97. The molecule has 1 atom stereocenters. The van der Waals surface area contributed by atoms with Gasteiger partial charge in [0, 0.05) is 12.1 Å². The van der Waals surface area contributed by atoms with E-state index < -0.39 is 23.9 Å². The molecule has 0 saturated heterocycles. The molecule has 0 bridgehead atoms. The van der Waals surface area contributed by atoms with Crippen molar-refractivity contribution in [2.24, 2.45) is 0 Å². The molecule has 1 aromatic carbocycles. The maximum absolute atomic E-state index is 11.7. The zero-order valence-electron chi connectivity index (χ0n) is 10.7. The van der Waals surface area contributed by atoms with Crippen molar-refractivity contribution in [3.8, 4) is 0 Å². The maximum atomic E-state index is 11.7. The lowest BCUT2D eigenvalue weighted by molar-refractivity contribution is -0.143. The van der Waals surface area contributed by atoms with Crippen molar-refractivity contribution in [3.63, 3.8) is 0 Å². The van der Waals surface area contributed by atoms with Gasteiger partial charge in [0.1, 0.15) is 6.04 Å². The summed E-state index contributed by atoms with van der Waals surface area (Å²) >= 11 is 0. The van der Waals surface area contributed by atoms with Crippen molar-refractivity contribution >= 4 is 23.5 Å². The molecule has 0 saturated carbocycles. The predicted octanol–water partition coefficient (Wildman–Crippen LogP) is 0.245. The van der Waals surface area contributed by atoms with Crippen molar-refractivity contribution in [3.05, 3.63) is 29.8 Å². The molecule has 0 heterocycles. The lowest BCUT2D eigenvalue weighted by Gasteiger charge is -2.13. The number of nitrogens with two attached hydrogens (primary N) is 1. The van der Waals surface area contributed by atoms with Crippen LogP contribution in [0.5, 0.6) is 0 Å². The van der Waals surface area contributed by atoms with E-state index in [2.05, 4.69) is 5.32 Å². The first-order valence-electron chi connectivity index (χ1n) is 5.97. The van der Waals surface area contributed by atoms with Gasteiger partial charge >= 0.3 is 11.9 Å². The van der Waals surface area contributed by atoms with E-state index in [1.165, 1.54) is 0 Å². The second-order valence-electron chi connectivity index (χ2n) is 4.31. The number of rotatable bonds is 7. The first kappa shape index (κ1) is 15.5. The number of aliphatic carboxylic acids is 2. The molecule has 1 rings (SSSR count). The summed E-state index contributed by atoms with van der Waals surface area (Å²) in [5.74, 6) is -2.84. The molecule has 7 nitrogen and oxygen atoms in total. The number of hydrogen-bond donors (Lipinski definition) is 4. The third kappa shape index (κ3) is 5.38. The van der Waals surface area contributed by atoms with E-state index in [4.69, 9.17) is 15.9 Å². The smallest absolute Gasteiger partial charge is 0.326 e. The Morgan fingerprint density at radius 2 is 1.75 bits per heavy atom. The van der Waals surface area contributed by atoms with Crippen LogP contribution in [-0.4, -0.2) is 34.1 Å². The van der Waals surface area contributed by atoms with Gasteiger partial charge < -0.3 is 21.3 Å². The third-order valence-corrected chi connectivity index (χ3v) is 2.62. The monoisotopic (exact) mass is 280 g/mol. The Balaban J connectivity index is 2.55. The van der Waals surface area contributed by atoms with Crippen molar-refractivity contribution < 1.29 is 24.6 Å². The fourth-order valence-electron chi connectivity index (χ4n) is 1.59. The molecular weight excluding hydrogens is 264 g/mol. The van der Waals surface area contributed by atoms with Crippen LogP contribution >= 0.6 is 0 Å². The van der Waals surface area contributed by atoms with Gasteiger partial charge in [-0.15, -0.1) is 0 Å². The number of carboxylic acid groups (broad SMARTS) is 2. The van der Waals surface area contributed by atoms with Crippen molar-refractivity contribution in [1.29, 1.82) is 0 Å². The largest absolute Gasteiger partial charge is 0.481 e. The number of benzene rings is 1. The van der Waals surface area contributed by atoms with Gasteiger partial charge in [-0.1, -0.05) is 12.1 Å². The van der Waals surface area contributed by atoms with Crippen LogP contribution in [0, 0.1) is 0 Å². The summed E-state index contributed by atoms with van der Waals surface area (Å²) in [7, 11) is 0. The van der Waals surface area contributed by atoms with E-state index in [0.717, 1.165) is 0 Å². The number of carboxylic acids is 2. The van der Waals surface area contributed by atoms with Crippen LogP contribution in [0.2, 0.25) is 0 Å². The summed E-state index contributed by atoms with van der Waals surface area (Å²) in [4.78, 5) is 33.0. The van der Waals surface area contributed by atoms with E-state index >= 15 is 0 Å². The van der Waals surface area contributed by atoms with Gasteiger partial charge in [0.15, 0.2) is 0 Å². The molecular formula is C13H16N2O5. The minimum Gasteiger partial charge on any atom is -0.481 e. The van der Waals surface area contributed by atoms with Gasteiger partial charge in [0.05, 0.1) is 6.42 Å². The normalized spacial score (nSPS) is 11.6. The Morgan fingerprint density at radius 3 is 2.25 bits per heavy atom. The standard InChI is InChI=1S/C13H16N2O5/c14-9-3-1-8(2-4-9)7-11(16)15-10(13(19)20)5-6-12(17)18/h1-4,10H,5-7,14H2,(H,15,16)(H,17,18)(H,19,20). The highest BCUT2D eigenvalue weighted by Crippen LogP contribution is 2.06. The highest BCUT2D eigenvalue weighted by molar-refractivity contribution is 5.85. The number of anilines is 1. The van der Waals surface area contributed by atoms with Crippen molar-refractivity contribution in [2.75, 3.05) is 5.73 Å². The third-order valence-electron chi connectivity index (χ3n) is 2.62. The van der Waals surface area contributed by atoms with Crippen molar-refractivity contribution in [1.82, 2.24) is 5.32 Å². The van der Waals surface area contributed by atoms with E-state index in [-0.39, 0.29) is 19.3 Å². The predicted molar refractivity (Wildman–Crippen MR) is 71.0 cm³/mol. The number of carbonyl (C=O) groups is 3. The Labute approximate surface area is 115 Å². The van der Waals surface area contributed by atoms with Gasteiger partial charge in [0.2, 0.25) is 5.91 Å². The Bertz CT molecular complexity index is 498. The fraction of sp³-hybridized carbons (Fsp3) is 0.308. The summed E-state index contributed by atoms with van der Waals surface area (Å²) in [5, 5.41) is 19.7. The minimum absolute atomic E-state index is 0.0110. The average molecular weight is 280 g/mol. The molecule has 0 aromatic heterocycles. The summed E-state index contributed by atoms with van der Waals surface area (Å²) < 4.78 is 0. The Hall–Kier alpha value is -2.57. The summed E-state index contributed by atoms with van der Waals surface area (Å²) in [6, 6.07) is 5.42. The average Bonchev–Trinajstić information content (AvgIpc) is 2.36. The SMILES string of the molecule is Nc1ccc(CC(=O)NC(CCC(=O)O)C(=O)O)cc1. The zero-order chi connectivity index (χ0) is 15.1. The molecule has 0 aliphatic carbocycles. The molecule has 1 aromatic rings. The molecule has 5 N–H and O–H groups in total. The highest BCUT2D eigenvalue weighted by Gasteiger charge is 2.20. The maximum Gasteiger partial charge on any atom is 0.326 e. The molecule has 0 aliphatic rings. The molecule has 0 fully saturated rings. The number of hydrogen-bond acceptors (Lipinski definition) is 4. The van der Waals surface area contributed by atoms with Crippen molar-refractivity contribution in [2.45, 2.75) is 25.3 Å². The lowest BCUT2D eigenvalue weighted by atomic mass is 10.1. The van der Waals surface area contributed by atoms with Gasteiger partial charge in [-0.3, -0.25) is 9.59 Å². The van der Waals surface area contributed by atoms with E-state index in [0.29, 0.717) is 11.3 Å². The zero-order valence-corrected chi connectivity index (χ0v) is 10.7. The molecule has 0 aliphatic heterocycles. The minimum atomic E-state index is -1.25. The summed E-state index contributed by atoms with van der Waals surface area (Å²) in [6.45, 7) is 0. The van der Waals surface area contributed by atoms with Gasteiger partial charge in [0.25, 0.3) is 0 Å². The number of carbonyl (C=O) groups excluding carboxylic acids is 1. The topological polar surface area (TPSA) is 130 Å². The lowest BCUT2D eigenvalue weighted by Crippen LogP contribution is -2.41. The molecule has 0 radical (unpaired) electrons. The Kier molecular flexibility index (Phi) is 5.52. The molecule has 0 spiro atoms. The molecule has 108 valence electrons. The van der Waals surface area contributed by atoms with Crippen LogP contribution in [0.25, 0.3) is 0 Å². The fourth-order valence-corrected chi connectivity index (χ4v) is 1.59. The van der Waals surface area contributed by atoms with E-state index in [1.807, 2.05) is 0 Å². The van der Waals surface area contributed by atoms with E-state index in [1.54, 1.807) is 24.3 Å². The molecule has 7 heteroatoms. The molecule has 1 amide bonds. The van der Waals surface area contributed by atoms with Crippen LogP contribution < -0.4 is 11.1 Å². The van der Waals surface area contributed by atoms with Gasteiger partial charge in [-0.05, 0) is 24.1 Å². The molecule has 20 heavy (non-hydrogen) atoms. The van der Waals surface area contributed by atoms with Crippen LogP contribution in [0.4, 0.5) is 5.69 Å². The van der Waals surface area contributed by atoms with Gasteiger partial charge in [-0.25, -0.2) is 4.79 Å². The highest BCUT2D eigenvalue weighted by atomic mass is 16.4. The quantitative estimate of drug-likeness (QED) is 0.529. The van der Waals surface area contributed by atoms with Crippen LogP contribution in [0.3, 0.4) is 0 Å². The Morgan fingerprint density at radius 1 is 1.15 bits per heavy atom. The summed E-state index contributed by atoms with van der Waals surface area (Å²) in [6.07, 6.45) is -0.464.